The van der Waals surface area contributed by atoms with Crippen LogP contribution in [-0.4, -0.2) is 170 Å². The molecule has 4 aromatic heterocycles. The fourth-order valence-electron chi connectivity index (χ4n) is 15.6. The molecule has 0 saturated carbocycles. The number of carbonyl (C=O) groups excluding carboxylic acids is 6. The van der Waals surface area contributed by atoms with E-state index in [4.69, 9.17) is 40.0 Å². The zero-order valence-electron chi connectivity index (χ0n) is 83.6. The Morgan fingerprint density at radius 3 is 1.10 bits per heavy atom. The Morgan fingerprint density at radius 2 is 0.750 bits per heavy atom. The number of nitrogens with one attached hydrogen (secondary N) is 11. The van der Waals surface area contributed by atoms with Gasteiger partial charge in [0, 0.05) is 127 Å². The lowest BCUT2D eigenvalue weighted by Crippen LogP contribution is -2.52. The predicted octanol–water partition coefficient (Wildman–Crippen LogP) is 21.5. The van der Waals surface area contributed by atoms with Crippen LogP contribution in [0.1, 0.15) is 93.8 Å². The van der Waals surface area contributed by atoms with Gasteiger partial charge in [0.1, 0.15) is 56.8 Å². The molecule has 3 aliphatic heterocycles. The first-order valence-corrected chi connectivity index (χ1v) is 47.5. The first-order valence-electron chi connectivity index (χ1n) is 47.1. The number of hydrogen-bond acceptors (Lipinski definition) is 28. The molecule has 3 saturated heterocycles. The molecule has 12 aromatic rings. The van der Waals surface area contributed by atoms with Crippen molar-refractivity contribution in [3.8, 4) is 34.6 Å². The van der Waals surface area contributed by atoms with Crippen molar-refractivity contribution in [3.05, 3.63) is 289 Å². The van der Waals surface area contributed by atoms with Crippen LogP contribution >= 0.6 is 11.6 Å². The van der Waals surface area contributed by atoms with E-state index in [0.717, 1.165) is 112 Å². The van der Waals surface area contributed by atoms with Gasteiger partial charge in [-0.3, -0.25) is 24.0 Å². The molecule has 7 heterocycles. The Kier molecular flexibility index (Phi) is 37.7. The van der Waals surface area contributed by atoms with Crippen LogP contribution in [0.3, 0.4) is 0 Å². The fourth-order valence-corrected chi connectivity index (χ4v) is 15.7. The number of anilines is 18. The molecule has 11 N–H and O–H groups in total. The van der Waals surface area contributed by atoms with Gasteiger partial charge in [-0.2, -0.15) is 19.9 Å². The van der Waals surface area contributed by atoms with Crippen LogP contribution in [0.5, 0.6) is 34.6 Å². The fraction of sp³-hybridized carbons (Fsp3) is 0.284. The number of aromatic nitrogens is 8. The van der Waals surface area contributed by atoms with Crippen LogP contribution in [0.4, 0.5) is 109 Å². The zero-order valence-corrected chi connectivity index (χ0v) is 84.4. The molecule has 0 radical (unpaired) electrons. The van der Waals surface area contributed by atoms with Crippen molar-refractivity contribution in [1.82, 2.24) is 54.6 Å². The summed E-state index contributed by atoms with van der Waals surface area (Å²) in [5.74, 6) is 8.03. The van der Waals surface area contributed by atoms with E-state index in [1.807, 2.05) is 162 Å². The summed E-state index contributed by atoms with van der Waals surface area (Å²) in [5, 5.41) is 34.0. The third-order valence-corrected chi connectivity index (χ3v) is 23.0. The summed E-state index contributed by atoms with van der Waals surface area (Å²) in [4.78, 5) is 112. The number of hydrogen-bond donors (Lipinski definition) is 11. The molecule has 0 bridgehead atoms. The SMILES string of the molecule is C=CC(=O)Nc1cccc(Nc2nc(Nc3ccc(CC4CN(C(=O)OC(C)(C)C)C4)cc3OC)ncc2C)c1.C=CC(=O)Nc1cccc(Nc2nc(Nc3ccc(CC4CN(C(C)=O)C4)cc3OC)ncc2C)c1.C=CC(=O)Nc1cccc(Nc2nc(Nc3ccc(CC4CN(CCC)C4)cc3OC)ncc2C)c1.C=CC(=O)Nc1cccc(Oc2nc(Nc3ccc(CC(C)C)cc3OC)ncc2Cl)c1. The molecule has 144 heavy (non-hydrogen) atoms. The highest BCUT2D eigenvalue weighted by Gasteiger charge is 2.35. The Morgan fingerprint density at radius 1 is 0.424 bits per heavy atom. The Bertz CT molecular complexity index is 6580. The van der Waals surface area contributed by atoms with Crippen LogP contribution in [0.25, 0.3) is 0 Å². The summed E-state index contributed by atoms with van der Waals surface area (Å²) in [7, 11) is 6.55. The minimum absolute atomic E-state index is 0.127. The minimum atomic E-state index is -0.494. The monoisotopic (exact) mass is 1970 g/mol. The smallest absolute Gasteiger partial charge is 0.410 e. The Hall–Kier alpha value is -16.5. The summed E-state index contributed by atoms with van der Waals surface area (Å²) in [6.45, 7) is 39.9. The molecular formula is C109H125ClN22O12. The molecule has 34 nitrogen and oxygen atoms in total. The zero-order chi connectivity index (χ0) is 103. The Balaban J connectivity index is 0.000000172. The van der Waals surface area contributed by atoms with Crippen molar-refractivity contribution in [3.63, 3.8) is 0 Å². The van der Waals surface area contributed by atoms with E-state index < -0.39 is 5.60 Å². The van der Waals surface area contributed by atoms with Crippen molar-refractivity contribution in [1.29, 1.82) is 0 Å². The molecule has 15 rings (SSSR count). The first-order chi connectivity index (χ1) is 69.2. The first kappa shape index (κ1) is 106. The quantitative estimate of drug-likeness (QED) is 0.0160. The number of halogens is 1. The highest BCUT2D eigenvalue weighted by molar-refractivity contribution is 6.31. The maximum absolute atomic E-state index is 12.2. The topological polar surface area (TPSA) is 403 Å². The summed E-state index contributed by atoms with van der Waals surface area (Å²) in [6.07, 6.45) is 16.2. The highest BCUT2D eigenvalue weighted by atomic mass is 35.5. The van der Waals surface area contributed by atoms with Gasteiger partial charge in [-0.05, 0) is 266 Å². The maximum Gasteiger partial charge on any atom is 0.410 e. The summed E-state index contributed by atoms with van der Waals surface area (Å²) in [5.41, 5.74) is 14.7. The minimum Gasteiger partial charge on any atom is -0.495 e. The molecule has 3 fully saturated rings. The van der Waals surface area contributed by atoms with Gasteiger partial charge in [0.2, 0.25) is 59.2 Å². The van der Waals surface area contributed by atoms with Gasteiger partial charge >= 0.3 is 6.09 Å². The lowest BCUT2D eigenvalue weighted by molar-refractivity contribution is -0.135. The molecule has 0 unspecified atom stereocenters. The third kappa shape index (κ3) is 31.8. The highest BCUT2D eigenvalue weighted by Crippen LogP contribution is 2.39. The number of methoxy groups -OCH3 is 4. The van der Waals surface area contributed by atoms with E-state index in [0.29, 0.717) is 124 Å². The number of carbonyl (C=O) groups is 6. The van der Waals surface area contributed by atoms with Gasteiger partial charge in [0.05, 0.1) is 57.4 Å². The van der Waals surface area contributed by atoms with Gasteiger partial charge < -0.3 is 102 Å². The summed E-state index contributed by atoms with van der Waals surface area (Å²) >= 11 is 6.24. The van der Waals surface area contributed by atoms with Crippen LogP contribution in [0.2, 0.25) is 5.02 Å². The van der Waals surface area contributed by atoms with Crippen LogP contribution in [0, 0.1) is 44.4 Å². The average Bonchev–Trinajstić information content (AvgIpc) is 0.833. The predicted molar refractivity (Wildman–Crippen MR) is 570 cm³/mol. The maximum atomic E-state index is 12.2. The van der Waals surface area contributed by atoms with Crippen LogP contribution in [0.15, 0.2) is 245 Å². The number of nitrogens with zero attached hydrogens (tertiary/aromatic N) is 11. The van der Waals surface area contributed by atoms with Crippen LogP contribution in [-0.2, 0) is 54.4 Å². The molecule has 8 aromatic carbocycles. The van der Waals surface area contributed by atoms with Crippen molar-refractivity contribution in [2.45, 2.75) is 107 Å². The summed E-state index contributed by atoms with van der Waals surface area (Å²) in [6, 6.07) is 53.2. The van der Waals surface area contributed by atoms with E-state index in [9.17, 15) is 28.8 Å². The number of benzene rings is 8. The Labute approximate surface area is 845 Å². The van der Waals surface area contributed by atoms with Crippen molar-refractivity contribution < 1.29 is 57.2 Å². The van der Waals surface area contributed by atoms with E-state index in [1.165, 1.54) is 67.7 Å². The number of ether oxygens (including phenoxy) is 6. The average molecular weight is 1970 g/mol. The third-order valence-electron chi connectivity index (χ3n) is 22.7. The standard InChI is InChI=1S/C30H36N6O4.C28H34N6O2.C27H30N6O3.C24H25ClN4O3/c1-7-26(37)32-22-9-8-10-23(15-22)33-27-19(2)16-31-28(35-27)34-24-12-11-20(14-25(24)39-6)13-21-17-36(18-21)29(38)40-30(3,4)5;1-5-12-34-17-21(18-34)13-20-10-11-24(25(14-20)36-4)32-28-29-16-19(3)27(33-28)31-23-9-7-8-22(15-23)30-26(35)6-2;1-5-25(35)29-21-7-6-8-22(13-21)30-26-17(2)14-28-27(32-26)31-23-10-9-19(12-24(23)36-4)11-20-15-33(16-20)18(3)34;1-5-22(30)27-17-7-6-8-18(13-17)32-23-19(25)14-26-24(29-23)28-20-10-9-16(11-15(2)3)12-21(20)31-4/h7-12,14-16,21H,1,13,17-18H2,2-6H3,(H,32,37)(H2,31,33,34,35);6-11,14-16,21H,2,5,12-13,17-18H2,1,3-4H3,(H,30,35)(H2,29,31,32,33);5-10,12-14,20H,1,11,15-16H2,2-4H3,(H,29,35)(H2,28,30,31,32);5-10,12-15H,1,11H2,2-4H3,(H,27,30)(H,26,28,29). The van der Waals surface area contributed by atoms with Gasteiger partial charge in [-0.1, -0.05) is 107 Å². The molecule has 750 valence electrons. The van der Waals surface area contributed by atoms with Gasteiger partial charge in [-0.25, -0.2) is 24.7 Å². The normalized spacial score (nSPS) is 12.6. The number of likely N-dealkylation sites (tertiary alicyclic amines) is 3. The van der Waals surface area contributed by atoms with Gasteiger partial charge in [-0.15, -0.1) is 0 Å². The molecule has 6 amide bonds. The van der Waals surface area contributed by atoms with E-state index in [2.05, 4.69) is 169 Å². The van der Waals surface area contributed by atoms with Crippen molar-refractivity contribution in [2.24, 2.45) is 23.7 Å². The molecule has 3 aliphatic rings. The van der Waals surface area contributed by atoms with Crippen molar-refractivity contribution in [2.75, 3.05) is 133 Å². The second-order valence-electron chi connectivity index (χ2n) is 36.1. The lowest BCUT2D eigenvalue weighted by atomic mass is 9.92. The number of rotatable bonds is 38. The van der Waals surface area contributed by atoms with Crippen LogP contribution < -0.4 is 82.2 Å². The van der Waals surface area contributed by atoms with E-state index in [1.54, 1.807) is 95.3 Å². The number of amides is 6. The van der Waals surface area contributed by atoms with E-state index in [-0.39, 0.29) is 46.5 Å². The molecule has 35 heteroatoms. The molecule has 0 aliphatic carbocycles. The van der Waals surface area contributed by atoms with Crippen molar-refractivity contribution >= 4 is 151 Å². The second-order valence-corrected chi connectivity index (χ2v) is 36.5. The molecular weight excluding hydrogens is 1840 g/mol. The van der Waals surface area contributed by atoms with Gasteiger partial charge in [0.15, 0.2) is 0 Å². The lowest BCUT2D eigenvalue weighted by Gasteiger charge is -2.40. The largest absolute Gasteiger partial charge is 0.495 e. The van der Waals surface area contributed by atoms with Gasteiger partial charge in [0.25, 0.3) is 0 Å². The number of aryl methyl sites for hydroxylation is 3. The molecule has 0 spiro atoms. The second kappa shape index (κ2) is 51.1. The summed E-state index contributed by atoms with van der Waals surface area (Å²) < 4.78 is 33.7. The van der Waals surface area contributed by atoms with E-state index >= 15 is 0 Å². The molecule has 0 atom stereocenters.